The largest absolute Gasteiger partial charge is 0.271 e. The van der Waals surface area contributed by atoms with E-state index in [0.29, 0.717) is 0 Å². The molecule has 0 aliphatic heterocycles. The summed E-state index contributed by atoms with van der Waals surface area (Å²) in [7, 11) is -3.04. The maximum absolute atomic E-state index is 11.2. The molecule has 1 atom stereocenters. The molecule has 0 aliphatic rings. The summed E-state index contributed by atoms with van der Waals surface area (Å²) in [6.07, 6.45) is 1.20. The molecule has 84 valence electrons. The summed E-state index contributed by atoms with van der Waals surface area (Å²) in [5, 5.41) is 0. The van der Waals surface area contributed by atoms with Crippen LogP contribution in [0.25, 0.3) is 0 Å². The zero-order valence-corrected chi connectivity index (χ0v) is 9.71. The predicted molar refractivity (Wildman–Crippen MR) is 61.0 cm³/mol. The van der Waals surface area contributed by atoms with Gasteiger partial charge in [0, 0.05) is 6.26 Å². The van der Waals surface area contributed by atoms with Crippen LogP contribution in [0.1, 0.15) is 17.2 Å². The minimum absolute atomic E-state index is 0.00690. The molecule has 1 unspecified atom stereocenters. The van der Waals surface area contributed by atoms with Crippen molar-refractivity contribution in [2.75, 3.05) is 12.0 Å². The van der Waals surface area contributed by atoms with Crippen LogP contribution in [0.3, 0.4) is 0 Å². The molecular formula is C10H16N2O2S. The van der Waals surface area contributed by atoms with Crippen molar-refractivity contribution < 1.29 is 8.42 Å². The Bertz CT molecular complexity index is 429. The fourth-order valence-electron chi connectivity index (χ4n) is 1.43. The molecule has 0 spiro atoms. The third kappa shape index (κ3) is 3.99. The molecule has 0 heterocycles. The molecule has 0 amide bonds. The lowest BCUT2D eigenvalue weighted by Crippen LogP contribution is -2.33. The van der Waals surface area contributed by atoms with Gasteiger partial charge in [0.25, 0.3) is 0 Å². The molecule has 0 saturated heterocycles. The lowest BCUT2D eigenvalue weighted by atomic mass is 10.1. The second kappa shape index (κ2) is 4.74. The number of sulfone groups is 1. The quantitative estimate of drug-likeness (QED) is 0.583. The molecule has 1 aromatic rings. The summed E-state index contributed by atoms with van der Waals surface area (Å²) in [5.74, 6) is 5.35. The van der Waals surface area contributed by atoms with Gasteiger partial charge in [0.1, 0.15) is 9.84 Å². The molecule has 0 bridgehead atoms. The Balaban J connectivity index is 2.93. The lowest BCUT2D eigenvalue weighted by molar-refractivity contribution is 0.564. The van der Waals surface area contributed by atoms with Crippen LogP contribution in [0, 0.1) is 6.92 Å². The molecule has 5 heteroatoms. The van der Waals surface area contributed by atoms with Gasteiger partial charge in [0.05, 0.1) is 11.8 Å². The van der Waals surface area contributed by atoms with Gasteiger partial charge in [-0.1, -0.05) is 29.8 Å². The lowest BCUT2D eigenvalue weighted by Gasteiger charge is -2.15. The van der Waals surface area contributed by atoms with Crippen molar-refractivity contribution in [2.24, 2.45) is 5.84 Å². The van der Waals surface area contributed by atoms with Gasteiger partial charge in [0.2, 0.25) is 0 Å². The van der Waals surface area contributed by atoms with E-state index in [1.54, 1.807) is 0 Å². The first-order chi connectivity index (χ1) is 6.92. The molecule has 0 aromatic heterocycles. The fraction of sp³-hybridized carbons (Fsp3) is 0.400. The van der Waals surface area contributed by atoms with Gasteiger partial charge in [0.15, 0.2) is 0 Å². The van der Waals surface area contributed by atoms with Crippen LogP contribution in [0.4, 0.5) is 0 Å². The maximum atomic E-state index is 11.2. The molecule has 15 heavy (non-hydrogen) atoms. The van der Waals surface area contributed by atoms with E-state index in [4.69, 9.17) is 5.84 Å². The van der Waals surface area contributed by atoms with Crippen molar-refractivity contribution >= 4 is 9.84 Å². The summed E-state index contributed by atoms with van der Waals surface area (Å²) in [6.45, 7) is 1.96. The van der Waals surface area contributed by atoms with Crippen molar-refractivity contribution in [3.63, 3.8) is 0 Å². The van der Waals surface area contributed by atoms with E-state index in [9.17, 15) is 8.42 Å². The first kappa shape index (κ1) is 12.2. The third-order valence-electron chi connectivity index (χ3n) is 2.12. The number of nitrogens with one attached hydrogen (secondary N) is 1. The minimum atomic E-state index is -3.04. The highest BCUT2D eigenvalue weighted by Crippen LogP contribution is 2.15. The Morgan fingerprint density at radius 3 is 2.60 bits per heavy atom. The highest BCUT2D eigenvalue weighted by atomic mass is 32.2. The first-order valence-corrected chi connectivity index (χ1v) is 6.69. The number of aryl methyl sites for hydroxylation is 1. The first-order valence-electron chi connectivity index (χ1n) is 4.63. The number of hydrogen-bond acceptors (Lipinski definition) is 4. The number of nitrogens with two attached hydrogens (primary N) is 1. The maximum Gasteiger partial charge on any atom is 0.149 e. The smallest absolute Gasteiger partial charge is 0.149 e. The molecule has 0 aliphatic carbocycles. The standard InChI is InChI=1S/C10H16N2O2S/c1-8-4-3-5-9(6-8)10(12-11)7-15(2,13)14/h3-6,10,12H,7,11H2,1-2H3. The van der Waals surface area contributed by atoms with Crippen LogP contribution in [0.2, 0.25) is 0 Å². The SMILES string of the molecule is Cc1cccc(C(CS(C)(=O)=O)NN)c1. The van der Waals surface area contributed by atoms with E-state index in [0.717, 1.165) is 11.1 Å². The molecular weight excluding hydrogens is 212 g/mol. The van der Waals surface area contributed by atoms with E-state index in [2.05, 4.69) is 5.43 Å². The van der Waals surface area contributed by atoms with Gasteiger partial charge in [-0.15, -0.1) is 0 Å². The summed E-state index contributed by atoms with van der Waals surface area (Å²) >= 11 is 0. The van der Waals surface area contributed by atoms with Crippen LogP contribution in [0.15, 0.2) is 24.3 Å². The van der Waals surface area contributed by atoms with E-state index < -0.39 is 9.84 Å². The van der Waals surface area contributed by atoms with Gasteiger partial charge >= 0.3 is 0 Å². The summed E-state index contributed by atoms with van der Waals surface area (Å²) in [5.41, 5.74) is 4.50. The molecule has 4 nitrogen and oxygen atoms in total. The second-order valence-corrected chi connectivity index (χ2v) is 5.91. The zero-order valence-electron chi connectivity index (χ0n) is 8.90. The van der Waals surface area contributed by atoms with Gasteiger partial charge in [-0.05, 0) is 12.5 Å². The Labute approximate surface area is 90.4 Å². The molecule has 3 N–H and O–H groups in total. The van der Waals surface area contributed by atoms with E-state index in [-0.39, 0.29) is 11.8 Å². The molecule has 0 fully saturated rings. The Kier molecular flexibility index (Phi) is 3.84. The fourth-order valence-corrected chi connectivity index (χ4v) is 2.32. The molecule has 0 radical (unpaired) electrons. The third-order valence-corrected chi connectivity index (χ3v) is 3.05. The van der Waals surface area contributed by atoms with Crippen molar-refractivity contribution in [1.29, 1.82) is 0 Å². The number of benzene rings is 1. The number of hydrazine groups is 1. The molecule has 1 aromatic carbocycles. The van der Waals surface area contributed by atoms with E-state index in [1.807, 2.05) is 31.2 Å². The van der Waals surface area contributed by atoms with Crippen molar-refractivity contribution in [1.82, 2.24) is 5.43 Å². The van der Waals surface area contributed by atoms with E-state index >= 15 is 0 Å². The normalized spacial score (nSPS) is 13.8. The summed E-state index contributed by atoms with van der Waals surface area (Å²) in [6, 6.07) is 7.28. The second-order valence-electron chi connectivity index (χ2n) is 3.73. The van der Waals surface area contributed by atoms with Crippen LogP contribution in [-0.2, 0) is 9.84 Å². The summed E-state index contributed by atoms with van der Waals surface area (Å²) in [4.78, 5) is 0. The average Bonchev–Trinajstić information content (AvgIpc) is 2.13. The number of rotatable bonds is 4. The van der Waals surface area contributed by atoms with Gasteiger partial charge in [-0.25, -0.2) is 8.42 Å². The number of hydrogen-bond donors (Lipinski definition) is 2. The van der Waals surface area contributed by atoms with Crippen LogP contribution < -0.4 is 11.3 Å². The summed E-state index contributed by atoms with van der Waals surface area (Å²) < 4.78 is 22.3. The monoisotopic (exact) mass is 228 g/mol. The van der Waals surface area contributed by atoms with Gasteiger partial charge < -0.3 is 0 Å². The Morgan fingerprint density at radius 2 is 2.13 bits per heavy atom. The van der Waals surface area contributed by atoms with Crippen molar-refractivity contribution in [2.45, 2.75) is 13.0 Å². The van der Waals surface area contributed by atoms with Gasteiger partial charge in [-0.3, -0.25) is 11.3 Å². The Hall–Kier alpha value is -0.910. The van der Waals surface area contributed by atoms with Crippen LogP contribution >= 0.6 is 0 Å². The Morgan fingerprint density at radius 1 is 1.47 bits per heavy atom. The van der Waals surface area contributed by atoms with E-state index in [1.165, 1.54) is 6.26 Å². The van der Waals surface area contributed by atoms with Crippen LogP contribution in [0.5, 0.6) is 0 Å². The zero-order chi connectivity index (χ0) is 11.5. The topological polar surface area (TPSA) is 72.2 Å². The van der Waals surface area contributed by atoms with Gasteiger partial charge in [-0.2, -0.15) is 0 Å². The van der Waals surface area contributed by atoms with Crippen LogP contribution in [-0.4, -0.2) is 20.4 Å². The highest BCUT2D eigenvalue weighted by molar-refractivity contribution is 7.90. The highest BCUT2D eigenvalue weighted by Gasteiger charge is 2.15. The average molecular weight is 228 g/mol. The molecule has 0 saturated carbocycles. The predicted octanol–water partition coefficient (Wildman–Crippen LogP) is 0.544. The minimum Gasteiger partial charge on any atom is -0.271 e. The molecule has 1 rings (SSSR count). The van der Waals surface area contributed by atoms with Crippen molar-refractivity contribution in [3.8, 4) is 0 Å². The van der Waals surface area contributed by atoms with Crippen molar-refractivity contribution in [3.05, 3.63) is 35.4 Å².